The number of nitrogens with zero attached hydrogens (tertiary/aromatic N) is 3. The molecule has 3 aromatic rings. The van der Waals surface area contributed by atoms with E-state index in [4.69, 9.17) is 12.2 Å². The highest BCUT2D eigenvalue weighted by atomic mass is 32.2. The average molecular weight is 517 g/mol. The van der Waals surface area contributed by atoms with Gasteiger partial charge in [-0.15, -0.1) is 0 Å². The SMILES string of the molecule is CC(C)CN(Cc1cnc(S(=O)(=O)Cc2ccccc2F)n1Cc1ccccc1)C(=S)NC(C)C. The van der Waals surface area contributed by atoms with E-state index in [-0.39, 0.29) is 16.8 Å². The molecule has 2 aromatic carbocycles. The number of halogens is 1. The van der Waals surface area contributed by atoms with Gasteiger partial charge in [-0.25, -0.2) is 17.8 Å². The summed E-state index contributed by atoms with van der Waals surface area (Å²) in [4.78, 5) is 6.36. The molecule has 0 aliphatic heterocycles. The minimum atomic E-state index is -3.92. The van der Waals surface area contributed by atoms with Gasteiger partial charge in [-0.3, -0.25) is 0 Å². The van der Waals surface area contributed by atoms with Crippen LogP contribution >= 0.6 is 12.2 Å². The summed E-state index contributed by atoms with van der Waals surface area (Å²) in [5.41, 5.74) is 1.77. The van der Waals surface area contributed by atoms with Gasteiger partial charge < -0.3 is 14.8 Å². The Bertz CT molecular complexity index is 1240. The lowest BCUT2D eigenvalue weighted by atomic mass is 10.2. The van der Waals surface area contributed by atoms with Gasteiger partial charge in [0.1, 0.15) is 5.82 Å². The zero-order valence-corrected chi connectivity index (χ0v) is 22.2. The maximum absolute atomic E-state index is 14.3. The summed E-state index contributed by atoms with van der Waals surface area (Å²) >= 11 is 5.65. The number of nitrogens with one attached hydrogen (secondary N) is 1. The van der Waals surface area contributed by atoms with Gasteiger partial charge in [-0.05, 0) is 43.6 Å². The van der Waals surface area contributed by atoms with E-state index in [0.717, 1.165) is 11.3 Å². The zero-order valence-electron chi connectivity index (χ0n) is 20.6. The van der Waals surface area contributed by atoms with Crippen molar-refractivity contribution in [3.05, 3.63) is 83.4 Å². The van der Waals surface area contributed by atoms with Crippen molar-refractivity contribution in [3.63, 3.8) is 0 Å². The van der Waals surface area contributed by atoms with Gasteiger partial charge in [0.15, 0.2) is 5.11 Å². The number of aromatic nitrogens is 2. The average Bonchev–Trinajstić information content (AvgIpc) is 3.18. The Morgan fingerprint density at radius 2 is 1.74 bits per heavy atom. The van der Waals surface area contributed by atoms with Gasteiger partial charge in [0, 0.05) is 18.2 Å². The number of thiocarbonyl (C=S) groups is 1. The Balaban J connectivity index is 2.01. The van der Waals surface area contributed by atoms with E-state index in [9.17, 15) is 12.8 Å². The quantitative estimate of drug-likeness (QED) is 0.391. The second-order valence-corrected chi connectivity index (χ2v) is 11.6. The summed E-state index contributed by atoms with van der Waals surface area (Å²) in [6.45, 7) is 9.67. The van der Waals surface area contributed by atoms with Crippen LogP contribution in [0.15, 0.2) is 66.0 Å². The fourth-order valence-corrected chi connectivity index (χ4v) is 5.66. The van der Waals surface area contributed by atoms with Crippen LogP contribution in [0.2, 0.25) is 0 Å². The highest BCUT2D eigenvalue weighted by Crippen LogP contribution is 2.22. The third-order valence-corrected chi connectivity index (χ3v) is 7.25. The van der Waals surface area contributed by atoms with Crippen molar-refractivity contribution in [1.82, 2.24) is 19.8 Å². The fourth-order valence-electron chi connectivity index (χ4n) is 3.78. The van der Waals surface area contributed by atoms with Crippen LogP contribution in [0.4, 0.5) is 4.39 Å². The van der Waals surface area contributed by atoms with Gasteiger partial charge in [0.05, 0.1) is 30.7 Å². The number of hydrogen-bond donors (Lipinski definition) is 1. The van der Waals surface area contributed by atoms with Crippen molar-refractivity contribution >= 4 is 27.2 Å². The molecule has 188 valence electrons. The minimum Gasteiger partial charge on any atom is -0.360 e. The standard InChI is InChI=1S/C26H33FN4O2S2/c1-19(2)15-30(25(34)29-20(3)4)17-23-14-28-26(31(23)16-21-10-6-5-7-11-21)35(32,33)18-22-12-8-9-13-24(22)27/h5-14,19-20H,15-18H2,1-4H3,(H,29,34). The summed E-state index contributed by atoms with van der Waals surface area (Å²) in [6, 6.07) is 15.7. The lowest BCUT2D eigenvalue weighted by molar-refractivity contribution is 0.342. The molecular formula is C26H33FN4O2S2. The first-order valence-corrected chi connectivity index (χ1v) is 13.7. The topological polar surface area (TPSA) is 67.2 Å². The van der Waals surface area contributed by atoms with Crippen molar-refractivity contribution in [2.75, 3.05) is 6.54 Å². The van der Waals surface area contributed by atoms with Crippen LogP contribution in [0.25, 0.3) is 0 Å². The summed E-state index contributed by atoms with van der Waals surface area (Å²) in [5, 5.41) is 3.81. The largest absolute Gasteiger partial charge is 0.360 e. The molecule has 6 nitrogen and oxygen atoms in total. The zero-order chi connectivity index (χ0) is 25.6. The molecule has 0 aliphatic carbocycles. The maximum atomic E-state index is 14.3. The molecule has 0 unspecified atom stereocenters. The van der Waals surface area contributed by atoms with Crippen molar-refractivity contribution in [1.29, 1.82) is 0 Å². The van der Waals surface area contributed by atoms with Crippen LogP contribution in [-0.2, 0) is 28.7 Å². The van der Waals surface area contributed by atoms with Crippen LogP contribution in [0.3, 0.4) is 0 Å². The first kappa shape index (κ1) is 26.8. The lowest BCUT2D eigenvalue weighted by Crippen LogP contribution is -2.44. The predicted octanol–water partition coefficient (Wildman–Crippen LogP) is 4.79. The number of rotatable bonds is 10. The molecule has 0 atom stereocenters. The normalized spacial score (nSPS) is 11.7. The third kappa shape index (κ3) is 7.35. The predicted molar refractivity (Wildman–Crippen MR) is 141 cm³/mol. The van der Waals surface area contributed by atoms with Crippen LogP contribution in [-0.4, -0.2) is 40.6 Å². The van der Waals surface area contributed by atoms with E-state index >= 15 is 0 Å². The Morgan fingerprint density at radius 1 is 1.09 bits per heavy atom. The Labute approximate surface area is 213 Å². The monoisotopic (exact) mass is 516 g/mol. The van der Waals surface area contributed by atoms with Crippen molar-refractivity contribution in [2.45, 2.75) is 57.7 Å². The highest BCUT2D eigenvalue weighted by molar-refractivity contribution is 7.90. The molecule has 0 saturated carbocycles. The smallest absolute Gasteiger partial charge is 0.228 e. The van der Waals surface area contributed by atoms with Crippen LogP contribution in [0.1, 0.15) is 44.5 Å². The number of benzene rings is 2. The highest BCUT2D eigenvalue weighted by Gasteiger charge is 2.26. The Kier molecular flexibility index (Phi) is 9.02. The first-order valence-electron chi connectivity index (χ1n) is 11.7. The molecule has 9 heteroatoms. The van der Waals surface area contributed by atoms with Gasteiger partial charge in [-0.2, -0.15) is 0 Å². The molecule has 0 radical (unpaired) electrons. The molecular weight excluding hydrogens is 483 g/mol. The second kappa shape index (κ2) is 11.8. The number of hydrogen-bond acceptors (Lipinski definition) is 4. The summed E-state index contributed by atoms with van der Waals surface area (Å²) in [6.07, 6.45) is 1.59. The molecule has 0 spiro atoms. The van der Waals surface area contributed by atoms with Gasteiger partial charge >= 0.3 is 0 Å². The molecule has 0 amide bonds. The summed E-state index contributed by atoms with van der Waals surface area (Å²) in [7, 11) is -3.92. The number of sulfone groups is 1. The van der Waals surface area contributed by atoms with E-state index in [1.54, 1.807) is 16.8 Å². The van der Waals surface area contributed by atoms with Gasteiger partial charge in [0.2, 0.25) is 15.0 Å². The molecule has 1 heterocycles. The number of imidazole rings is 1. The first-order chi connectivity index (χ1) is 16.6. The van der Waals surface area contributed by atoms with Crippen molar-refractivity contribution < 1.29 is 12.8 Å². The molecule has 1 aromatic heterocycles. The van der Waals surface area contributed by atoms with Crippen LogP contribution in [0, 0.1) is 11.7 Å². The van der Waals surface area contributed by atoms with Gasteiger partial charge in [0.25, 0.3) is 0 Å². The Hall–Kier alpha value is -2.78. The molecule has 0 saturated heterocycles. The van der Waals surface area contributed by atoms with Crippen LogP contribution in [0.5, 0.6) is 0 Å². The van der Waals surface area contributed by atoms with E-state index in [0.29, 0.717) is 30.7 Å². The molecule has 0 fully saturated rings. The fraction of sp³-hybridized carbons (Fsp3) is 0.385. The Morgan fingerprint density at radius 3 is 2.37 bits per heavy atom. The van der Waals surface area contributed by atoms with Gasteiger partial charge in [-0.1, -0.05) is 62.4 Å². The summed E-state index contributed by atoms with van der Waals surface area (Å²) < 4.78 is 42.8. The molecule has 0 aliphatic rings. The molecule has 0 bridgehead atoms. The van der Waals surface area contributed by atoms with Crippen LogP contribution < -0.4 is 5.32 Å². The minimum absolute atomic E-state index is 0.0770. The second-order valence-electron chi connectivity index (χ2n) is 9.33. The molecule has 3 rings (SSSR count). The molecule has 35 heavy (non-hydrogen) atoms. The van der Waals surface area contributed by atoms with Crippen molar-refractivity contribution in [3.8, 4) is 0 Å². The van der Waals surface area contributed by atoms with E-state index in [1.807, 2.05) is 49.1 Å². The maximum Gasteiger partial charge on any atom is 0.228 e. The van der Waals surface area contributed by atoms with E-state index in [2.05, 4.69) is 24.1 Å². The van der Waals surface area contributed by atoms with Crippen molar-refractivity contribution in [2.24, 2.45) is 5.92 Å². The molecule has 1 N–H and O–H groups in total. The third-order valence-electron chi connectivity index (χ3n) is 5.30. The van der Waals surface area contributed by atoms with E-state index < -0.39 is 21.4 Å². The summed E-state index contributed by atoms with van der Waals surface area (Å²) in [5.74, 6) is -0.671. The lowest BCUT2D eigenvalue weighted by Gasteiger charge is -2.29. The van der Waals surface area contributed by atoms with E-state index in [1.165, 1.54) is 18.2 Å².